The number of anilines is 1. The van der Waals surface area contributed by atoms with Gasteiger partial charge in [-0.1, -0.05) is 18.2 Å². The van der Waals surface area contributed by atoms with E-state index in [1.807, 2.05) is 0 Å². The quantitative estimate of drug-likeness (QED) is 0.861. The molecule has 2 aromatic rings. The number of nitrogens with zero attached hydrogens (tertiary/aromatic N) is 1. The zero-order chi connectivity index (χ0) is 13.0. The van der Waals surface area contributed by atoms with Gasteiger partial charge in [0, 0.05) is 5.69 Å². The van der Waals surface area contributed by atoms with Crippen molar-refractivity contribution in [1.82, 2.24) is 0 Å². The Hall–Kier alpha value is -2.21. The van der Waals surface area contributed by atoms with Gasteiger partial charge in [-0.2, -0.15) is 0 Å². The van der Waals surface area contributed by atoms with Gasteiger partial charge in [0.2, 0.25) is 0 Å². The summed E-state index contributed by atoms with van der Waals surface area (Å²) in [5.74, 6) is 0. The van der Waals surface area contributed by atoms with Gasteiger partial charge in [0.05, 0.1) is 4.90 Å². The first-order chi connectivity index (χ1) is 8.62. The number of sulfonamides is 1. The molecule has 0 saturated carbocycles. The fraction of sp³-hybridized carbons (Fsp3) is 0. The van der Waals surface area contributed by atoms with Crippen molar-refractivity contribution in [1.29, 1.82) is 0 Å². The second kappa shape index (κ2) is 4.97. The lowest BCUT2D eigenvalue weighted by molar-refractivity contribution is 0.601. The predicted octanol–water partition coefficient (Wildman–Crippen LogP) is 2.89. The van der Waals surface area contributed by atoms with Crippen LogP contribution in [0.15, 0.2) is 64.7 Å². The Morgan fingerprint density at radius 3 is 2.06 bits per heavy atom. The topological polar surface area (TPSA) is 75.6 Å². The summed E-state index contributed by atoms with van der Waals surface area (Å²) in [6.07, 6.45) is 0. The van der Waals surface area contributed by atoms with Gasteiger partial charge in [0.1, 0.15) is 5.69 Å². The number of para-hydroxylation sites is 1. The molecule has 2 rings (SSSR count). The van der Waals surface area contributed by atoms with Gasteiger partial charge in [-0.15, -0.1) is 4.91 Å². The summed E-state index contributed by atoms with van der Waals surface area (Å²) in [5, 5.41) is 2.71. The maximum atomic E-state index is 12.0. The molecule has 0 spiro atoms. The normalized spacial score (nSPS) is 10.9. The van der Waals surface area contributed by atoms with E-state index in [4.69, 9.17) is 0 Å². The minimum atomic E-state index is -3.63. The summed E-state index contributed by atoms with van der Waals surface area (Å²) in [6, 6.07) is 13.9. The maximum absolute atomic E-state index is 12.0. The minimum absolute atomic E-state index is 0.0822. The van der Waals surface area contributed by atoms with E-state index in [2.05, 4.69) is 9.90 Å². The number of rotatable bonds is 4. The van der Waals surface area contributed by atoms with Crippen molar-refractivity contribution in [3.05, 3.63) is 59.5 Å². The third-order valence-electron chi connectivity index (χ3n) is 2.28. The molecule has 0 heterocycles. The van der Waals surface area contributed by atoms with Crippen LogP contribution in [0.5, 0.6) is 0 Å². The summed E-state index contributed by atoms with van der Waals surface area (Å²) < 4.78 is 26.4. The van der Waals surface area contributed by atoms with Crippen molar-refractivity contribution < 1.29 is 8.42 Å². The Kier molecular flexibility index (Phi) is 3.38. The molecule has 92 valence electrons. The monoisotopic (exact) mass is 262 g/mol. The maximum Gasteiger partial charge on any atom is 0.261 e. The van der Waals surface area contributed by atoms with Gasteiger partial charge in [0.15, 0.2) is 0 Å². The first kappa shape index (κ1) is 12.3. The van der Waals surface area contributed by atoms with Gasteiger partial charge in [-0.05, 0) is 41.6 Å². The van der Waals surface area contributed by atoms with Crippen LogP contribution in [0.3, 0.4) is 0 Å². The summed E-state index contributed by atoms with van der Waals surface area (Å²) in [4.78, 5) is 10.3. The summed E-state index contributed by atoms with van der Waals surface area (Å²) in [6.45, 7) is 0. The van der Waals surface area contributed by atoms with E-state index in [9.17, 15) is 13.3 Å². The average molecular weight is 262 g/mol. The second-order valence-electron chi connectivity index (χ2n) is 3.56. The Bertz CT molecular complexity index is 637. The molecular weight excluding hydrogens is 252 g/mol. The van der Waals surface area contributed by atoms with Crippen LogP contribution in [0.2, 0.25) is 0 Å². The lowest BCUT2D eigenvalue weighted by Crippen LogP contribution is -2.12. The first-order valence-electron chi connectivity index (χ1n) is 5.13. The van der Waals surface area contributed by atoms with E-state index in [-0.39, 0.29) is 10.6 Å². The van der Waals surface area contributed by atoms with Gasteiger partial charge in [-0.25, -0.2) is 8.42 Å². The van der Waals surface area contributed by atoms with Crippen LogP contribution in [0.25, 0.3) is 0 Å². The van der Waals surface area contributed by atoms with Gasteiger partial charge in [-0.3, -0.25) is 4.72 Å². The molecule has 0 aromatic heterocycles. The highest BCUT2D eigenvalue weighted by Gasteiger charge is 2.13. The number of hydrogen-bond acceptors (Lipinski definition) is 4. The van der Waals surface area contributed by atoms with Crippen molar-refractivity contribution in [2.45, 2.75) is 4.90 Å². The minimum Gasteiger partial charge on any atom is -0.280 e. The Morgan fingerprint density at radius 1 is 0.889 bits per heavy atom. The zero-order valence-electron chi connectivity index (χ0n) is 9.28. The summed E-state index contributed by atoms with van der Waals surface area (Å²) in [5.41, 5.74) is 0.670. The predicted molar refractivity (Wildman–Crippen MR) is 69.1 cm³/mol. The molecule has 0 aliphatic heterocycles. The van der Waals surface area contributed by atoms with Crippen LogP contribution in [-0.4, -0.2) is 8.42 Å². The number of benzene rings is 2. The molecule has 0 bridgehead atoms. The Labute approximate surface area is 104 Å². The van der Waals surface area contributed by atoms with E-state index in [0.29, 0.717) is 5.69 Å². The number of nitroso groups, excluding NO2 is 1. The largest absolute Gasteiger partial charge is 0.280 e. The van der Waals surface area contributed by atoms with Crippen LogP contribution in [0, 0.1) is 4.91 Å². The van der Waals surface area contributed by atoms with Crippen molar-refractivity contribution in [2.75, 3.05) is 4.72 Å². The summed E-state index contributed by atoms with van der Waals surface area (Å²) in [7, 11) is -3.63. The molecular formula is C12H10N2O3S. The van der Waals surface area contributed by atoms with Crippen molar-refractivity contribution in [3.63, 3.8) is 0 Å². The Morgan fingerprint density at radius 2 is 1.50 bits per heavy atom. The van der Waals surface area contributed by atoms with Crippen molar-refractivity contribution >= 4 is 21.4 Å². The molecule has 0 unspecified atom stereocenters. The lowest BCUT2D eigenvalue weighted by Gasteiger charge is -2.07. The van der Waals surface area contributed by atoms with Crippen LogP contribution >= 0.6 is 0 Å². The molecule has 5 nitrogen and oxygen atoms in total. The molecule has 0 saturated heterocycles. The third kappa shape index (κ3) is 2.72. The van der Waals surface area contributed by atoms with Gasteiger partial charge >= 0.3 is 0 Å². The standard InChI is InChI=1S/C12H10N2O3S/c15-13-10-6-8-12(9-7-10)18(16,17)14-11-4-2-1-3-5-11/h1-9,14H. The lowest BCUT2D eigenvalue weighted by atomic mass is 10.3. The molecule has 0 fully saturated rings. The third-order valence-corrected chi connectivity index (χ3v) is 3.68. The van der Waals surface area contributed by atoms with Crippen LogP contribution in [0.1, 0.15) is 0 Å². The van der Waals surface area contributed by atoms with Crippen LogP contribution in [0.4, 0.5) is 11.4 Å². The molecule has 0 amide bonds. The molecule has 18 heavy (non-hydrogen) atoms. The zero-order valence-corrected chi connectivity index (χ0v) is 10.1. The first-order valence-corrected chi connectivity index (χ1v) is 6.61. The molecule has 0 aliphatic rings. The second-order valence-corrected chi connectivity index (χ2v) is 5.24. The van der Waals surface area contributed by atoms with E-state index in [1.54, 1.807) is 30.3 Å². The van der Waals surface area contributed by atoms with Gasteiger partial charge in [0.25, 0.3) is 10.0 Å². The fourth-order valence-electron chi connectivity index (χ4n) is 1.41. The fourth-order valence-corrected chi connectivity index (χ4v) is 2.47. The highest BCUT2D eigenvalue weighted by molar-refractivity contribution is 7.92. The summed E-state index contributed by atoms with van der Waals surface area (Å²) >= 11 is 0. The van der Waals surface area contributed by atoms with E-state index >= 15 is 0 Å². The highest BCUT2D eigenvalue weighted by atomic mass is 32.2. The molecule has 1 N–H and O–H groups in total. The van der Waals surface area contributed by atoms with Crippen LogP contribution in [-0.2, 0) is 10.0 Å². The average Bonchev–Trinajstić information content (AvgIpc) is 2.39. The molecule has 0 radical (unpaired) electrons. The van der Waals surface area contributed by atoms with Crippen molar-refractivity contribution in [2.24, 2.45) is 5.18 Å². The molecule has 2 aromatic carbocycles. The van der Waals surface area contributed by atoms with Gasteiger partial charge < -0.3 is 0 Å². The molecule has 6 heteroatoms. The smallest absolute Gasteiger partial charge is 0.261 e. The molecule has 0 atom stereocenters. The number of nitrogens with one attached hydrogen (secondary N) is 1. The van der Waals surface area contributed by atoms with E-state index < -0.39 is 10.0 Å². The van der Waals surface area contributed by atoms with Crippen molar-refractivity contribution in [3.8, 4) is 0 Å². The SMILES string of the molecule is O=Nc1ccc(S(=O)(=O)Nc2ccccc2)cc1. The number of hydrogen-bond donors (Lipinski definition) is 1. The Balaban J connectivity index is 2.28. The van der Waals surface area contributed by atoms with Crippen LogP contribution < -0.4 is 4.72 Å². The van der Waals surface area contributed by atoms with E-state index in [1.165, 1.54) is 24.3 Å². The van der Waals surface area contributed by atoms with E-state index in [0.717, 1.165) is 0 Å². The highest BCUT2D eigenvalue weighted by Crippen LogP contribution is 2.19. The molecule has 0 aliphatic carbocycles.